The zero-order valence-electron chi connectivity index (χ0n) is 11.6. The summed E-state index contributed by atoms with van der Waals surface area (Å²) in [5.74, 6) is -1.21. The van der Waals surface area contributed by atoms with Gasteiger partial charge in [-0.15, -0.1) is 0 Å². The molecule has 0 saturated carbocycles. The largest absolute Gasteiger partial charge is 0.440 e. The number of nitrogens with zero attached hydrogens (tertiary/aromatic N) is 1. The van der Waals surface area contributed by atoms with Crippen molar-refractivity contribution in [2.24, 2.45) is 11.3 Å². The number of rotatable bonds is 4. The van der Waals surface area contributed by atoms with Gasteiger partial charge in [0.1, 0.15) is 0 Å². The Morgan fingerprint density at radius 2 is 2.00 bits per heavy atom. The number of hydrogen-bond donors (Lipinski definition) is 0. The number of carbonyl (C=O) groups is 3. The molecule has 1 rings (SSSR count). The summed E-state index contributed by atoms with van der Waals surface area (Å²) in [5, 5.41) is 0. The zero-order chi connectivity index (χ0) is 14.1. The van der Waals surface area contributed by atoms with Crippen molar-refractivity contribution in [1.29, 1.82) is 0 Å². The number of likely N-dealkylation sites (tertiary alicyclic amines) is 1. The molecule has 18 heavy (non-hydrogen) atoms. The summed E-state index contributed by atoms with van der Waals surface area (Å²) < 4.78 is 5.14. The van der Waals surface area contributed by atoms with Gasteiger partial charge >= 0.3 is 5.97 Å². The Kier molecular flexibility index (Phi) is 4.14. The summed E-state index contributed by atoms with van der Waals surface area (Å²) in [5.41, 5.74) is -0.613. The molecule has 5 nitrogen and oxygen atoms in total. The number of hydrogen-bond acceptors (Lipinski definition) is 4. The third-order valence-electron chi connectivity index (χ3n) is 3.31. The Balaban J connectivity index is 2.73. The van der Waals surface area contributed by atoms with E-state index in [1.165, 1.54) is 0 Å². The second kappa shape index (κ2) is 5.08. The fraction of sp³-hybridized carbons (Fsp3) is 0.769. The lowest BCUT2D eigenvalue weighted by molar-refractivity contribution is -0.193. The standard InChI is InChI=1S/C13H21NO4/c1-6-13(4,5)12(17)14-9(15)7-10(14)18-11(16)8(2)3/h8,10H,6-7H2,1-5H3. The minimum absolute atomic E-state index is 0.101. The molecule has 0 radical (unpaired) electrons. The van der Waals surface area contributed by atoms with Crippen LogP contribution in [0.2, 0.25) is 0 Å². The molecule has 0 spiro atoms. The quantitative estimate of drug-likeness (QED) is 0.566. The van der Waals surface area contributed by atoms with Gasteiger partial charge in [0, 0.05) is 5.41 Å². The van der Waals surface area contributed by atoms with Crippen molar-refractivity contribution in [3.05, 3.63) is 0 Å². The highest BCUT2D eigenvalue weighted by Gasteiger charge is 2.47. The number of esters is 1. The van der Waals surface area contributed by atoms with E-state index in [9.17, 15) is 14.4 Å². The molecule has 5 heteroatoms. The van der Waals surface area contributed by atoms with Crippen LogP contribution in [-0.2, 0) is 19.1 Å². The maximum absolute atomic E-state index is 12.2. The van der Waals surface area contributed by atoms with Crippen molar-refractivity contribution in [3.8, 4) is 0 Å². The number of β-lactam (4-membered cyclic amide) rings is 1. The molecule has 0 aliphatic carbocycles. The molecule has 1 unspecified atom stereocenters. The third kappa shape index (κ3) is 2.71. The molecular formula is C13H21NO4. The molecule has 0 N–H and O–H groups in total. The average molecular weight is 255 g/mol. The van der Waals surface area contributed by atoms with Crippen molar-refractivity contribution < 1.29 is 19.1 Å². The van der Waals surface area contributed by atoms with Gasteiger partial charge in [0.2, 0.25) is 11.8 Å². The van der Waals surface area contributed by atoms with Crippen LogP contribution in [0.4, 0.5) is 0 Å². The third-order valence-corrected chi connectivity index (χ3v) is 3.31. The van der Waals surface area contributed by atoms with Gasteiger partial charge in [-0.05, 0) is 6.42 Å². The predicted molar refractivity (Wildman–Crippen MR) is 65.3 cm³/mol. The van der Waals surface area contributed by atoms with Crippen LogP contribution < -0.4 is 0 Å². The van der Waals surface area contributed by atoms with Crippen molar-refractivity contribution in [2.45, 2.75) is 53.7 Å². The SMILES string of the molecule is CCC(C)(C)C(=O)N1C(=O)CC1OC(=O)C(C)C. The summed E-state index contributed by atoms with van der Waals surface area (Å²) >= 11 is 0. The first kappa shape index (κ1) is 14.7. The van der Waals surface area contributed by atoms with Crippen LogP contribution in [0, 0.1) is 11.3 Å². The average Bonchev–Trinajstić information content (AvgIpc) is 2.27. The van der Waals surface area contributed by atoms with Crippen LogP contribution in [-0.4, -0.2) is 28.9 Å². The van der Waals surface area contributed by atoms with Crippen LogP contribution in [0.3, 0.4) is 0 Å². The van der Waals surface area contributed by atoms with E-state index in [1.54, 1.807) is 27.7 Å². The van der Waals surface area contributed by atoms with Gasteiger partial charge in [0.15, 0.2) is 6.23 Å². The lowest BCUT2D eigenvalue weighted by atomic mass is 9.87. The molecular weight excluding hydrogens is 234 g/mol. The van der Waals surface area contributed by atoms with Crippen LogP contribution in [0.15, 0.2) is 0 Å². The lowest BCUT2D eigenvalue weighted by Crippen LogP contribution is -2.60. The monoisotopic (exact) mass is 255 g/mol. The summed E-state index contributed by atoms with van der Waals surface area (Å²) in [6.45, 7) is 8.87. The van der Waals surface area contributed by atoms with Gasteiger partial charge in [0.05, 0.1) is 12.3 Å². The predicted octanol–water partition coefficient (Wildman–Crippen LogP) is 1.71. The fourth-order valence-electron chi connectivity index (χ4n) is 1.47. The Bertz CT molecular complexity index is 373. The van der Waals surface area contributed by atoms with Crippen LogP contribution in [0.5, 0.6) is 0 Å². The summed E-state index contributed by atoms with van der Waals surface area (Å²) in [6, 6.07) is 0. The lowest BCUT2D eigenvalue weighted by Gasteiger charge is -2.41. The Morgan fingerprint density at radius 1 is 1.44 bits per heavy atom. The summed E-state index contributed by atoms with van der Waals surface area (Å²) in [4.78, 5) is 36.2. The number of carbonyl (C=O) groups excluding carboxylic acids is 3. The summed E-state index contributed by atoms with van der Waals surface area (Å²) in [6.07, 6.45) is 0.00972. The van der Waals surface area contributed by atoms with Crippen molar-refractivity contribution in [2.75, 3.05) is 0 Å². The molecule has 1 saturated heterocycles. The van der Waals surface area contributed by atoms with Crippen molar-refractivity contribution in [1.82, 2.24) is 4.90 Å². The van der Waals surface area contributed by atoms with Gasteiger partial charge in [-0.1, -0.05) is 34.6 Å². The topological polar surface area (TPSA) is 63.7 Å². The number of amides is 2. The van der Waals surface area contributed by atoms with E-state index in [0.29, 0.717) is 6.42 Å². The van der Waals surface area contributed by atoms with Gasteiger partial charge in [-0.25, -0.2) is 4.90 Å². The highest BCUT2D eigenvalue weighted by atomic mass is 16.6. The maximum Gasteiger partial charge on any atom is 0.310 e. The van der Waals surface area contributed by atoms with Gasteiger partial charge in [-0.2, -0.15) is 0 Å². The van der Waals surface area contributed by atoms with E-state index in [0.717, 1.165) is 4.90 Å². The second-order valence-electron chi connectivity index (χ2n) is 5.56. The van der Waals surface area contributed by atoms with Crippen LogP contribution >= 0.6 is 0 Å². The molecule has 0 aromatic rings. The fourth-order valence-corrected chi connectivity index (χ4v) is 1.47. The maximum atomic E-state index is 12.2. The highest BCUT2D eigenvalue weighted by Crippen LogP contribution is 2.30. The molecule has 1 aliphatic rings. The highest BCUT2D eigenvalue weighted by molar-refractivity contribution is 6.02. The van der Waals surface area contributed by atoms with Crippen LogP contribution in [0.25, 0.3) is 0 Å². The second-order valence-corrected chi connectivity index (χ2v) is 5.56. The smallest absolute Gasteiger partial charge is 0.310 e. The molecule has 1 fully saturated rings. The normalized spacial score (nSPS) is 19.8. The van der Waals surface area contributed by atoms with E-state index in [-0.39, 0.29) is 30.1 Å². The Labute approximate surface area is 107 Å². The van der Waals surface area contributed by atoms with Crippen molar-refractivity contribution in [3.63, 3.8) is 0 Å². The first-order valence-electron chi connectivity index (χ1n) is 6.27. The molecule has 102 valence electrons. The minimum Gasteiger partial charge on any atom is -0.440 e. The van der Waals surface area contributed by atoms with E-state index >= 15 is 0 Å². The summed E-state index contributed by atoms with van der Waals surface area (Å²) in [7, 11) is 0. The van der Waals surface area contributed by atoms with Crippen molar-refractivity contribution >= 4 is 17.8 Å². The number of imide groups is 1. The van der Waals surface area contributed by atoms with E-state index in [4.69, 9.17) is 4.74 Å². The minimum atomic E-state index is -0.717. The van der Waals surface area contributed by atoms with E-state index < -0.39 is 11.6 Å². The molecule has 1 heterocycles. The van der Waals surface area contributed by atoms with Crippen LogP contribution in [0.1, 0.15) is 47.5 Å². The van der Waals surface area contributed by atoms with E-state index in [1.807, 2.05) is 6.92 Å². The molecule has 0 bridgehead atoms. The first-order valence-corrected chi connectivity index (χ1v) is 6.27. The van der Waals surface area contributed by atoms with Gasteiger partial charge in [0.25, 0.3) is 0 Å². The molecule has 0 aromatic carbocycles. The van der Waals surface area contributed by atoms with Gasteiger partial charge in [-0.3, -0.25) is 14.4 Å². The Morgan fingerprint density at radius 3 is 2.39 bits per heavy atom. The first-order chi connectivity index (χ1) is 8.20. The zero-order valence-corrected chi connectivity index (χ0v) is 11.6. The van der Waals surface area contributed by atoms with E-state index in [2.05, 4.69) is 0 Å². The Hall–Kier alpha value is -1.39. The molecule has 0 aromatic heterocycles. The molecule has 1 atom stereocenters. The number of ether oxygens (including phenoxy) is 1. The van der Waals surface area contributed by atoms with Gasteiger partial charge < -0.3 is 4.74 Å². The molecule has 2 amide bonds. The molecule has 1 aliphatic heterocycles.